The summed E-state index contributed by atoms with van der Waals surface area (Å²) in [5.41, 5.74) is 0.839. The summed E-state index contributed by atoms with van der Waals surface area (Å²) in [7, 11) is 0. The molecule has 21 heavy (non-hydrogen) atoms. The van der Waals surface area contributed by atoms with Crippen molar-refractivity contribution in [3.05, 3.63) is 30.3 Å². The molecule has 2 N–H and O–H groups in total. The van der Waals surface area contributed by atoms with Gasteiger partial charge in [0.05, 0.1) is 0 Å². The van der Waals surface area contributed by atoms with Crippen LogP contribution >= 0.6 is 0 Å². The van der Waals surface area contributed by atoms with E-state index in [-0.39, 0.29) is 6.03 Å². The minimum atomic E-state index is -0.101. The highest BCUT2D eigenvalue weighted by Gasteiger charge is 2.38. The van der Waals surface area contributed by atoms with E-state index in [0.717, 1.165) is 24.1 Å². The highest BCUT2D eigenvalue weighted by Crippen LogP contribution is 2.37. The number of nitrogens with zero attached hydrogens (tertiary/aromatic N) is 1. The van der Waals surface area contributed by atoms with Gasteiger partial charge in [-0.25, -0.2) is 4.79 Å². The zero-order valence-electron chi connectivity index (χ0n) is 12.7. The first-order chi connectivity index (χ1) is 10.3. The monoisotopic (exact) mass is 287 g/mol. The number of carbonyl (C=O) groups excluding carboxylic acids is 1. The van der Waals surface area contributed by atoms with Gasteiger partial charge in [0.25, 0.3) is 0 Å². The molecule has 3 aliphatic rings. The predicted octanol–water partition coefficient (Wildman–Crippen LogP) is 2.93. The number of benzene rings is 1. The molecule has 3 aliphatic heterocycles. The van der Waals surface area contributed by atoms with Crippen molar-refractivity contribution in [3.8, 4) is 0 Å². The third-order valence-corrected chi connectivity index (χ3v) is 5.07. The van der Waals surface area contributed by atoms with E-state index in [9.17, 15) is 4.79 Å². The Kier molecular flexibility index (Phi) is 4.44. The van der Waals surface area contributed by atoms with Crippen molar-refractivity contribution in [3.63, 3.8) is 0 Å². The van der Waals surface area contributed by atoms with Crippen LogP contribution in [0.4, 0.5) is 10.5 Å². The maximum absolute atomic E-state index is 11.9. The van der Waals surface area contributed by atoms with E-state index < -0.39 is 0 Å². The standard InChI is InChI=1S/C17H25N3O/c1-2-13-12-20-9-8-14(13)10-16(20)11-18-17(21)19-15-6-4-3-5-7-15/h3-7,13-14,16H,2,8-12H2,1H3,(H2,18,19,21)/t13-,14-,16+/m0/s1. The fourth-order valence-corrected chi connectivity index (χ4v) is 3.83. The van der Waals surface area contributed by atoms with Gasteiger partial charge in [0, 0.05) is 24.8 Å². The molecule has 0 aromatic heterocycles. The third-order valence-electron chi connectivity index (χ3n) is 5.07. The van der Waals surface area contributed by atoms with Gasteiger partial charge in [-0.05, 0) is 43.4 Å². The molecule has 1 aromatic rings. The average molecular weight is 287 g/mol. The van der Waals surface area contributed by atoms with Crippen molar-refractivity contribution < 1.29 is 4.79 Å². The lowest BCUT2D eigenvalue weighted by Gasteiger charge is -2.49. The lowest BCUT2D eigenvalue weighted by Crippen LogP contribution is -2.56. The third kappa shape index (κ3) is 3.38. The van der Waals surface area contributed by atoms with Crippen LogP contribution in [0.25, 0.3) is 0 Å². The molecule has 4 heteroatoms. The lowest BCUT2D eigenvalue weighted by molar-refractivity contribution is 0.00159. The number of amides is 2. The van der Waals surface area contributed by atoms with Crippen LogP contribution in [0.3, 0.4) is 0 Å². The summed E-state index contributed by atoms with van der Waals surface area (Å²) in [6.45, 7) is 5.47. The van der Waals surface area contributed by atoms with Crippen LogP contribution in [0.2, 0.25) is 0 Å². The summed E-state index contributed by atoms with van der Waals surface area (Å²) in [5.74, 6) is 1.73. The fourth-order valence-electron chi connectivity index (χ4n) is 3.83. The number of hydrogen-bond acceptors (Lipinski definition) is 2. The number of fused-ring (bicyclic) bond motifs is 3. The summed E-state index contributed by atoms with van der Waals surface area (Å²) in [6, 6.07) is 10.0. The van der Waals surface area contributed by atoms with Gasteiger partial charge in [0.2, 0.25) is 0 Å². The SMILES string of the molecule is CC[C@H]1CN2CC[C@H]1C[C@@H]2CNC(=O)Nc1ccccc1. The molecule has 4 nitrogen and oxygen atoms in total. The molecule has 0 saturated carbocycles. The predicted molar refractivity (Wildman–Crippen MR) is 85.3 cm³/mol. The van der Waals surface area contributed by atoms with Gasteiger partial charge in [-0.1, -0.05) is 31.5 Å². The van der Waals surface area contributed by atoms with Gasteiger partial charge >= 0.3 is 6.03 Å². The number of nitrogens with one attached hydrogen (secondary N) is 2. The highest BCUT2D eigenvalue weighted by molar-refractivity contribution is 5.89. The topological polar surface area (TPSA) is 44.4 Å². The first-order valence-corrected chi connectivity index (χ1v) is 8.10. The minimum absolute atomic E-state index is 0.101. The number of carbonyl (C=O) groups is 1. The molecule has 114 valence electrons. The Hall–Kier alpha value is -1.55. The second kappa shape index (κ2) is 6.48. The second-order valence-electron chi connectivity index (χ2n) is 6.30. The van der Waals surface area contributed by atoms with Gasteiger partial charge in [-0.15, -0.1) is 0 Å². The van der Waals surface area contributed by atoms with Gasteiger partial charge < -0.3 is 10.6 Å². The quantitative estimate of drug-likeness (QED) is 0.894. The Morgan fingerprint density at radius 3 is 2.81 bits per heavy atom. The first-order valence-electron chi connectivity index (χ1n) is 8.10. The van der Waals surface area contributed by atoms with Gasteiger partial charge in [-0.3, -0.25) is 4.90 Å². The van der Waals surface area contributed by atoms with E-state index in [0.29, 0.717) is 6.04 Å². The number of rotatable bonds is 4. The van der Waals surface area contributed by atoms with Crippen molar-refractivity contribution in [1.29, 1.82) is 0 Å². The van der Waals surface area contributed by atoms with Crippen LogP contribution < -0.4 is 10.6 Å². The van der Waals surface area contributed by atoms with Crippen molar-refractivity contribution in [1.82, 2.24) is 10.2 Å². The number of anilines is 1. The van der Waals surface area contributed by atoms with E-state index in [1.807, 2.05) is 30.3 Å². The van der Waals surface area contributed by atoms with Crippen LogP contribution in [0, 0.1) is 11.8 Å². The van der Waals surface area contributed by atoms with E-state index >= 15 is 0 Å². The maximum atomic E-state index is 11.9. The molecule has 4 rings (SSSR count). The summed E-state index contributed by atoms with van der Waals surface area (Å²) < 4.78 is 0. The van der Waals surface area contributed by atoms with Crippen LogP contribution in [-0.2, 0) is 0 Å². The van der Waals surface area contributed by atoms with E-state index in [1.54, 1.807) is 0 Å². The molecule has 0 radical (unpaired) electrons. The normalized spacial score (nSPS) is 30.9. The Bertz CT molecular complexity index is 476. The number of hydrogen-bond donors (Lipinski definition) is 2. The molecule has 2 bridgehead atoms. The zero-order valence-corrected chi connectivity index (χ0v) is 12.7. The van der Waals surface area contributed by atoms with Crippen molar-refractivity contribution in [2.75, 3.05) is 25.0 Å². The van der Waals surface area contributed by atoms with E-state index in [2.05, 4.69) is 22.5 Å². The van der Waals surface area contributed by atoms with Crippen LogP contribution in [0.5, 0.6) is 0 Å². The van der Waals surface area contributed by atoms with Gasteiger partial charge in [0.1, 0.15) is 0 Å². The van der Waals surface area contributed by atoms with Crippen LogP contribution in [0.1, 0.15) is 26.2 Å². The number of piperidine rings is 3. The highest BCUT2D eigenvalue weighted by atomic mass is 16.2. The number of urea groups is 1. The maximum Gasteiger partial charge on any atom is 0.319 e. The van der Waals surface area contributed by atoms with Crippen molar-refractivity contribution in [2.24, 2.45) is 11.8 Å². The Labute approximate surface area is 126 Å². The molecular weight excluding hydrogens is 262 g/mol. The number of para-hydroxylation sites is 1. The molecule has 3 fully saturated rings. The molecule has 1 unspecified atom stereocenters. The second-order valence-corrected chi connectivity index (χ2v) is 6.30. The summed E-state index contributed by atoms with van der Waals surface area (Å²) in [6.07, 6.45) is 3.87. The Morgan fingerprint density at radius 1 is 1.33 bits per heavy atom. The molecule has 0 spiro atoms. The minimum Gasteiger partial charge on any atom is -0.336 e. The summed E-state index contributed by atoms with van der Waals surface area (Å²) in [4.78, 5) is 14.5. The van der Waals surface area contributed by atoms with Crippen LogP contribution in [0.15, 0.2) is 30.3 Å². The molecule has 4 atom stereocenters. The molecule has 1 aromatic carbocycles. The van der Waals surface area contributed by atoms with Crippen LogP contribution in [-0.4, -0.2) is 36.6 Å². The lowest BCUT2D eigenvalue weighted by atomic mass is 9.74. The average Bonchev–Trinajstić information content (AvgIpc) is 2.54. The smallest absolute Gasteiger partial charge is 0.319 e. The first kappa shape index (κ1) is 14.4. The van der Waals surface area contributed by atoms with E-state index in [1.165, 1.54) is 32.4 Å². The molecular formula is C17H25N3O. The summed E-state index contributed by atoms with van der Waals surface area (Å²) in [5, 5.41) is 5.90. The summed E-state index contributed by atoms with van der Waals surface area (Å²) >= 11 is 0. The molecule has 2 amide bonds. The Morgan fingerprint density at radius 2 is 2.14 bits per heavy atom. The van der Waals surface area contributed by atoms with Gasteiger partial charge in [-0.2, -0.15) is 0 Å². The molecule has 3 saturated heterocycles. The van der Waals surface area contributed by atoms with Gasteiger partial charge in [0.15, 0.2) is 0 Å². The largest absolute Gasteiger partial charge is 0.336 e. The van der Waals surface area contributed by atoms with Crippen molar-refractivity contribution in [2.45, 2.75) is 32.2 Å². The van der Waals surface area contributed by atoms with Crippen molar-refractivity contribution >= 4 is 11.7 Å². The molecule has 0 aliphatic carbocycles. The zero-order chi connectivity index (χ0) is 14.7. The van der Waals surface area contributed by atoms with E-state index in [4.69, 9.17) is 0 Å². The Balaban J connectivity index is 1.47. The molecule has 3 heterocycles. The fraction of sp³-hybridized carbons (Fsp3) is 0.588.